The van der Waals surface area contributed by atoms with Crippen molar-refractivity contribution in [1.29, 1.82) is 0 Å². The summed E-state index contributed by atoms with van der Waals surface area (Å²) in [6.45, 7) is 5.98. The third kappa shape index (κ3) is 4.29. The Balaban J connectivity index is 2.40. The maximum Gasteiger partial charge on any atom is 0.408 e. The molecule has 0 spiro atoms. The molecule has 0 bridgehead atoms. The van der Waals surface area contributed by atoms with Crippen molar-refractivity contribution in [2.45, 2.75) is 38.8 Å². The van der Waals surface area contributed by atoms with Crippen molar-refractivity contribution in [3.63, 3.8) is 0 Å². The molecule has 1 N–H and O–H groups in total. The van der Waals surface area contributed by atoms with E-state index in [0.29, 0.717) is 13.0 Å². The van der Waals surface area contributed by atoms with Crippen LogP contribution in [0.4, 0.5) is 4.79 Å². The van der Waals surface area contributed by atoms with Gasteiger partial charge in [-0.1, -0.05) is 0 Å². The van der Waals surface area contributed by atoms with E-state index in [0.717, 1.165) is 0 Å². The van der Waals surface area contributed by atoms with E-state index in [4.69, 9.17) is 9.47 Å². The molecule has 1 fully saturated rings. The van der Waals surface area contributed by atoms with Crippen LogP contribution < -0.4 is 5.32 Å². The van der Waals surface area contributed by atoms with E-state index in [-0.39, 0.29) is 12.4 Å². The zero-order valence-electron chi connectivity index (χ0n) is 9.33. The van der Waals surface area contributed by atoms with Crippen molar-refractivity contribution in [2.24, 2.45) is 0 Å². The van der Waals surface area contributed by atoms with Gasteiger partial charge in [0, 0.05) is 6.42 Å². The molecule has 0 aromatic carbocycles. The smallest absolute Gasteiger partial charge is 0.408 e. The van der Waals surface area contributed by atoms with Gasteiger partial charge in [0.05, 0.1) is 13.2 Å². The highest BCUT2D eigenvalue weighted by Gasteiger charge is 2.26. The number of hydrogen-bond donors (Lipinski definition) is 1. The monoisotopic (exact) mass is 215 g/mol. The number of amides is 1. The van der Waals surface area contributed by atoms with Gasteiger partial charge in [0.15, 0.2) is 5.78 Å². The number of Topliss-reactive ketones (excluding diaryl/α,β-unsaturated/α-hetero) is 1. The van der Waals surface area contributed by atoms with Crippen LogP contribution in [0.2, 0.25) is 0 Å². The Morgan fingerprint density at radius 2 is 2.20 bits per heavy atom. The third-order valence-corrected chi connectivity index (χ3v) is 1.86. The molecule has 5 nitrogen and oxygen atoms in total. The van der Waals surface area contributed by atoms with Gasteiger partial charge in [0.1, 0.15) is 11.6 Å². The van der Waals surface area contributed by atoms with Crippen molar-refractivity contribution in [2.75, 3.05) is 13.2 Å². The molecular weight excluding hydrogens is 198 g/mol. The maximum atomic E-state index is 11.3. The Hall–Kier alpha value is -1.10. The van der Waals surface area contributed by atoms with Crippen LogP contribution in [0.15, 0.2) is 0 Å². The molecule has 1 saturated heterocycles. The highest BCUT2D eigenvalue weighted by molar-refractivity contribution is 5.88. The highest BCUT2D eigenvalue weighted by Crippen LogP contribution is 2.08. The quantitative estimate of drug-likeness (QED) is 0.705. The van der Waals surface area contributed by atoms with Crippen molar-refractivity contribution < 1.29 is 19.1 Å². The fourth-order valence-electron chi connectivity index (χ4n) is 1.21. The molecule has 1 rings (SSSR count). The molecule has 1 aliphatic rings. The average Bonchev–Trinajstić information content (AvgIpc) is 2.05. The summed E-state index contributed by atoms with van der Waals surface area (Å²) in [6.07, 6.45) is -0.230. The fourth-order valence-corrected chi connectivity index (χ4v) is 1.21. The second-order valence-corrected chi connectivity index (χ2v) is 4.49. The molecule has 0 aromatic heterocycles. The first-order valence-electron chi connectivity index (χ1n) is 4.98. The molecule has 1 heterocycles. The second kappa shape index (κ2) is 4.61. The van der Waals surface area contributed by atoms with Gasteiger partial charge in [-0.3, -0.25) is 4.79 Å². The topological polar surface area (TPSA) is 64.6 Å². The fraction of sp³-hybridized carbons (Fsp3) is 0.800. The predicted octanol–water partition coefficient (Wildman–Crippen LogP) is 0.869. The summed E-state index contributed by atoms with van der Waals surface area (Å²) in [7, 11) is 0. The van der Waals surface area contributed by atoms with Crippen molar-refractivity contribution in [3.05, 3.63) is 0 Å². The van der Waals surface area contributed by atoms with Crippen LogP contribution >= 0.6 is 0 Å². The van der Waals surface area contributed by atoms with Crippen molar-refractivity contribution in [3.8, 4) is 0 Å². The van der Waals surface area contributed by atoms with Crippen LogP contribution in [0.25, 0.3) is 0 Å². The van der Waals surface area contributed by atoms with Crippen LogP contribution in [0.3, 0.4) is 0 Å². The number of hydrogen-bond acceptors (Lipinski definition) is 4. The second-order valence-electron chi connectivity index (χ2n) is 4.49. The number of alkyl carbamates (subject to hydrolysis) is 1. The molecule has 86 valence electrons. The summed E-state index contributed by atoms with van der Waals surface area (Å²) < 4.78 is 10.1. The Kier molecular flexibility index (Phi) is 3.68. The molecule has 0 saturated carbocycles. The van der Waals surface area contributed by atoms with E-state index in [1.807, 2.05) is 0 Å². The van der Waals surface area contributed by atoms with Crippen LogP contribution in [0, 0.1) is 0 Å². The number of carbonyl (C=O) groups excluding carboxylic acids is 2. The van der Waals surface area contributed by atoms with Crippen LogP contribution in [0.5, 0.6) is 0 Å². The van der Waals surface area contributed by atoms with Gasteiger partial charge in [0.2, 0.25) is 0 Å². The largest absolute Gasteiger partial charge is 0.444 e. The van der Waals surface area contributed by atoms with Gasteiger partial charge in [-0.15, -0.1) is 0 Å². The molecule has 1 atom stereocenters. The predicted molar refractivity (Wildman–Crippen MR) is 53.6 cm³/mol. The van der Waals surface area contributed by atoms with Gasteiger partial charge < -0.3 is 14.8 Å². The first-order valence-corrected chi connectivity index (χ1v) is 4.98. The van der Waals surface area contributed by atoms with E-state index in [1.165, 1.54) is 0 Å². The first-order chi connectivity index (χ1) is 6.88. The Bertz CT molecular complexity index is 257. The molecule has 0 radical (unpaired) electrons. The molecule has 0 aromatic rings. The third-order valence-electron chi connectivity index (χ3n) is 1.86. The van der Waals surface area contributed by atoms with Gasteiger partial charge in [-0.25, -0.2) is 4.79 Å². The molecule has 0 aliphatic carbocycles. The molecule has 5 heteroatoms. The molecule has 1 unspecified atom stereocenters. The Morgan fingerprint density at radius 1 is 1.53 bits per heavy atom. The average molecular weight is 215 g/mol. The van der Waals surface area contributed by atoms with Gasteiger partial charge >= 0.3 is 6.09 Å². The standard InChI is InChI=1S/C10H17NO4/c1-10(2,3)15-9(13)11-7-6-14-5-4-8(7)12/h7H,4-6H2,1-3H3,(H,11,13). The van der Waals surface area contributed by atoms with Crippen molar-refractivity contribution in [1.82, 2.24) is 5.32 Å². The van der Waals surface area contributed by atoms with Crippen molar-refractivity contribution >= 4 is 11.9 Å². The highest BCUT2D eigenvalue weighted by atomic mass is 16.6. The van der Waals surface area contributed by atoms with Gasteiger partial charge in [0.25, 0.3) is 0 Å². The van der Waals surface area contributed by atoms with E-state index >= 15 is 0 Å². The molecule has 1 amide bonds. The number of carbonyl (C=O) groups is 2. The summed E-state index contributed by atoms with van der Waals surface area (Å²) in [5, 5.41) is 2.49. The number of ether oxygens (including phenoxy) is 2. The first kappa shape index (κ1) is 12.0. The zero-order valence-corrected chi connectivity index (χ0v) is 9.33. The summed E-state index contributed by atoms with van der Waals surface area (Å²) in [5.74, 6) is -0.00731. The van der Waals surface area contributed by atoms with Crippen LogP contribution in [0.1, 0.15) is 27.2 Å². The van der Waals surface area contributed by atoms with Crippen LogP contribution in [-0.4, -0.2) is 36.7 Å². The SMILES string of the molecule is CC(C)(C)OC(=O)NC1COCCC1=O. The van der Waals surface area contributed by atoms with E-state index in [2.05, 4.69) is 5.32 Å². The van der Waals surface area contributed by atoms with E-state index in [9.17, 15) is 9.59 Å². The lowest BCUT2D eigenvalue weighted by Crippen LogP contribution is -2.48. The number of rotatable bonds is 1. The summed E-state index contributed by atoms with van der Waals surface area (Å²) in [5.41, 5.74) is -0.553. The lowest BCUT2D eigenvalue weighted by molar-refractivity contribution is -0.127. The lowest BCUT2D eigenvalue weighted by atomic mass is 10.1. The lowest BCUT2D eigenvalue weighted by Gasteiger charge is -2.25. The maximum absolute atomic E-state index is 11.3. The Morgan fingerprint density at radius 3 is 2.73 bits per heavy atom. The number of ketones is 1. The van der Waals surface area contributed by atoms with Gasteiger partial charge in [-0.05, 0) is 20.8 Å². The molecule has 1 aliphatic heterocycles. The Labute approximate surface area is 89.1 Å². The van der Waals surface area contributed by atoms with Gasteiger partial charge in [-0.2, -0.15) is 0 Å². The zero-order chi connectivity index (χ0) is 11.5. The van der Waals surface area contributed by atoms with E-state index in [1.54, 1.807) is 20.8 Å². The van der Waals surface area contributed by atoms with E-state index < -0.39 is 17.7 Å². The minimum absolute atomic E-state index is 0.00731. The molecule has 15 heavy (non-hydrogen) atoms. The summed E-state index contributed by atoms with van der Waals surface area (Å²) in [4.78, 5) is 22.7. The normalized spacial score (nSPS) is 22.3. The van der Waals surface area contributed by atoms with Crippen LogP contribution in [-0.2, 0) is 14.3 Å². The minimum Gasteiger partial charge on any atom is -0.444 e. The number of nitrogens with one attached hydrogen (secondary N) is 1. The summed E-state index contributed by atoms with van der Waals surface area (Å²) >= 11 is 0. The minimum atomic E-state index is -0.577. The summed E-state index contributed by atoms with van der Waals surface area (Å²) in [6, 6.07) is -0.561. The molecular formula is C10H17NO4.